The third-order valence-electron chi connectivity index (χ3n) is 2.96. The first-order valence-corrected chi connectivity index (χ1v) is 6.48. The van der Waals surface area contributed by atoms with Crippen molar-refractivity contribution in [3.8, 4) is 0 Å². The number of aryl methyl sites for hydroxylation is 1. The van der Waals surface area contributed by atoms with Gasteiger partial charge in [0.05, 0.1) is 0 Å². The molecule has 0 fully saturated rings. The van der Waals surface area contributed by atoms with Gasteiger partial charge in [0.1, 0.15) is 0 Å². The van der Waals surface area contributed by atoms with Crippen LogP contribution in [0.1, 0.15) is 37.4 Å². The molecule has 15 heavy (non-hydrogen) atoms. The van der Waals surface area contributed by atoms with Crippen LogP contribution in [0.3, 0.4) is 0 Å². The number of benzene rings is 1. The number of rotatable bonds is 3. The van der Waals surface area contributed by atoms with Gasteiger partial charge in [0.15, 0.2) is 0 Å². The highest BCUT2D eigenvalue weighted by atomic mass is 79.9. The van der Waals surface area contributed by atoms with Gasteiger partial charge >= 0.3 is 0 Å². The van der Waals surface area contributed by atoms with Crippen LogP contribution in [0.2, 0.25) is 0 Å². The molecule has 1 nitrogen and oxygen atoms in total. The fourth-order valence-corrected chi connectivity index (χ4v) is 2.58. The van der Waals surface area contributed by atoms with Crippen molar-refractivity contribution in [1.82, 2.24) is 5.32 Å². The molecule has 82 valence electrons. The van der Waals surface area contributed by atoms with Gasteiger partial charge in [-0.3, -0.25) is 0 Å². The molecule has 1 aromatic carbocycles. The molecule has 1 unspecified atom stereocenters. The maximum absolute atomic E-state index is 3.64. The Labute approximate surface area is 100 Å². The van der Waals surface area contributed by atoms with Crippen LogP contribution in [0, 0.1) is 5.92 Å². The maximum atomic E-state index is 3.64. The summed E-state index contributed by atoms with van der Waals surface area (Å²) >= 11 is 3.53. The Morgan fingerprint density at radius 3 is 3.00 bits per heavy atom. The highest BCUT2D eigenvalue weighted by Crippen LogP contribution is 2.32. The molecule has 0 amide bonds. The van der Waals surface area contributed by atoms with Crippen LogP contribution < -0.4 is 5.32 Å². The zero-order valence-corrected chi connectivity index (χ0v) is 11.0. The van der Waals surface area contributed by atoms with Gasteiger partial charge in [0, 0.05) is 10.5 Å². The second-order valence-electron chi connectivity index (χ2n) is 4.74. The molecule has 1 aliphatic rings. The standard InChI is InChI=1S/C13H18BrN/c1-9(2)8-15-13-6-3-10-7-11(14)4-5-12(10)13/h4-5,7,9,13,15H,3,6,8H2,1-2H3. The molecule has 1 N–H and O–H groups in total. The fourth-order valence-electron chi connectivity index (χ4n) is 2.18. The first kappa shape index (κ1) is 11.2. The Morgan fingerprint density at radius 2 is 2.27 bits per heavy atom. The minimum absolute atomic E-state index is 0.579. The summed E-state index contributed by atoms with van der Waals surface area (Å²) in [7, 11) is 0. The van der Waals surface area contributed by atoms with Crippen LogP contribution in [0.5, 0.6) is 0 Å². The van der Waals surface area contributed by atoms with E-state index in [1.165, 1.54) is 28.4 Å². The third kappa shape index (κ3) is 2.61. The largest absolute Gasteiger partial charge is 0.310 e. The molecular weight excluding hydrogens is 250 g/mol. The van der Waals surface area contributed by atoms with E-state index < -0.39 is 0 Å². The molecule has 1 atom stereocenters. The Morgan fingerprint density at radius 1 is 1.47 bits per heavy atom. The lowest BCUT2D eigenvalue weighted by Crippen LogP contribution is -2.23. The molecule has 0 saturated heterocycles. The summed E-state index contributed by atoms with van der Waals surface area (Å²) < 4.78 is 1.20. The van der Waals surface area contributed by atoms with Gasteiger partial charge in [-0.25, -0.2) is 0 Å². The van der Waals surface area contributed by atoms with E-state index in [2.05, 4.69) is 53.3 Å². The van der Waals surface area contributed by atoms with E-state index >= 15 is 0 Å². The molecular formula is C13H18BrN. The van der Waals surface area contributed by atoms with Gasteiger partial charge in [-0.05, 0) is 48.6 Å². The summed E-state index contributed by atoms with van der Waals surface area (Å²) in [5, 5.41) is 3.64. The molecule has 0 radical (unpaired) electrons. The van der Waals surface area contributed by atoms with Crippen LogP contribution in [0.4, 0.5) is 0 Å². The fraction of sp³-hybridized carbons (Fsp3) is 0.538. The van der Waals surface area contributed by atoms with Crippen LogP contribution in [0.15, 0.2) is 22.7 Å². The lowest BCUT2D eigenvalue weighted by Gasteiger charge is -2.15. The zero-order valence-electron chi connectivity index (χ0n) is 9.39. The predicted molar refractivity (Wildman–Crippen MR) is 68.0 cm³/mol. The van der Waals surface area contributed by atoms with Crippen molar-refractivity contribution < 1.29 is 0 Å². The normalized spacial score (nSPS) is 19.6. The van der Waals surface area contributed by atoms with Gasteiger partial charge in [-0.15, -0.1) is 0 Å². The lowest BCUT2D eigenvalue weighted by atomic mass is 10.1. The van der Waals surface area contributed by atoms with E-state index in [0.29, 0.717) is 6.04 Å². The molecule has 1 aromatic rings. The highest BCUT2D eigenvalue weighted by molar-refractivity contribution is 9.10. The molecule has 0 saturated carbocycles. The van der Waals surface area contributed by atoms with E-state index in [9.17, 15) is 0 Å². The second-order valence-corrected chi connectivity index (χ2v) is 5.65. The van der Waals surface area contributed by atoms with Crippen molar-refractivity contribution in [2.24, 2.45) is 5.92 Å². The van der Waals surface area contributed by atoms with Crippen molar-refractivity contribution in [1.29, 1.82) is 0 Å². The number of hydrogen-bond donors (Lipinski definition) is 1. The molecule has 0 spiro atoms. The first-order valence-electron chi connectivity index (χ1n) is 5.68. The van der Waals surface area contributed by atoms with Crippen LogP contribution in [0.25, 0.3) is 0 Å². The summed E-state index contributed by atoms with van der Waals surface area (Å²) in [4.78, 5) is 0. The van der Waals surface area contributed by atoms with E-state index in [1.807, 2.05) is 0 Å². The van der Waals surface area contributed by atoms with Gasteiger partial charge in [0.2, 0.25) is 0 Å². The van der Waals surface area contributed by atoms with E-state index in [1.54, 1.807) is 0 Å². The van der Waals surface area contributed by atoms with Gasteiger partial charge in [-0.2, -0.15) is 0 Å². The smallest absolute Gasteiger partial charge is 0.0326 e. The second kappa shape index (κ2) is 4.67. The van der Waals surface area contributed by atoms with Crippen LogP contribution in [-0.2, 0) is 6.42 Å². The molecule has 1 aliphatic carbocycles. The maximum Gasteiger partial charge on any atom is 0.0326 e. The molecule has 2 rings (SSSR count). The third-order valence-corrected chi connectivity index (χ3v) is 3.45. The van der Waals surface area contributed by atoms with E-state index in [-0.39, 0.29) is 0 Å². The minimum atomic E-state index is 0.579. The Balaban J connectivity index is 2.08. The average Bonchev–Trinajstić information content (AvgIpc) is 2.57. The van der Waals surface area contributed by atoms with Crippen molar-refractivity contribution in [3.63, 3.8) is 0 Å². The lowest BCUT2D eigenvalue weighted by molar-refractivity contribution is 0.472. The quantitative estimate of drug-likeness (QED) is 0.881. The topological polar surface area (TPSA) is 12.0 Å². The number of fused-ring (bicyclic) bond motifs is 1. The summed E-state index contributed by atoms with van der Waals surface area (Å²) in [6.45, 7) is 5.62. The minimum Gasteiger partial charge on any atom is -0.310 e. The number of nitrogens with one attached hydrogen (secondary N) is 1. The van der Waals surface area contributed by atoms with Crippen LogP contribution in [-0.4, -0.2) is 6.54 Å². The average molecular weight is 268 g/mol. The summed E-state index contributed by atoms with van der Waals surface area (Å²) in [6, 6.07) is 7.24. The molecule has 0 bridgehead atoms. The van der Waals surface area contributed by atoms with Gasteiger partial charge < -0.3 is 5.32 Å². The summed E-state index contributed by atoms with van der Waals surface area (Å²) in [5.74, 6) is 0.726. The van der Waals surface area contributed by atoms with Gasteiger partial charge in [-0.1, -0.05) is 35.8 Å². The Bertz CT molecular complexity index is 346. The van der Waals surface area contributed by atoms with E-state index in [4.69, 9.17) is 0 Å². The molecule has 0 aromatic heterocycles. The Kier molecular flexibility index (Phi) is 3.47. The Hall–Kier alpha value is -0.340. The van der Waals surface area contributed by atoms with Crippen LogP contribution >= 0.6 is 15.9 Å². The molecule has 0 heterocycles. The predicted octanol–water partition coefficient (Wildman–Crippen LogP) is 3.68. The number of hydrogen-bond acceptors (Lipinski definition) is 1. The summed E-state index contributed by atoms with van der Waals surface area (Å²) in [6.07, 6.45) is 2.46. The van der Waals surface area contributed by atoms with Crippen molar-refractivity contribution >= 4 is 15.9 Å². The molecule has 2 heteroatoms. The van der Waals surface area contributed by atoms with Crippen molar-refractivity contribution in [3.05, 3.63) is 33.8 Å². The van der Waals surface area contributed by atoms with E-state index in [0.717, 1.165) is 12.5 Å². The van der Waals surface area contributed by atoms with Gasteiger partial charge in [0.25, 0.3) is 0 Å². The highest BCUT2D eigenvalue weighted by Gasteiger charge is 2.21. The summed E-state index contributed by atoms with van der Waals surface area (Å²) in [5.41, 5.74) is 3.00. The number of halogens is 1. The van der Waals surface area contributed by atoms with Crippen molar-refractivity contribution in [2.75, 3.05) is 6.54 Å². The SMILES string of the molecule is CC(C)CNC1CCc2cc(Br)ccc21. The molecule has 0 aliphatic heterocycles. The first-order chi connectivity index (χ1) is 7.16. The monoisotopic (exact) mass is 267 g/mol. The van der Waals surface area contributed by atoms with Crippen molar-refractivity contribution in [2.45, 2.75) is 32.7 Å². The zero-order chi connectivity index (χ0) is 10.8.